The number of nitrogens with zero attached hydrogens (tertiary/aromatic N) is 3. The van der Waals surface area contributed by atoms with E-state index in [9.17, 15) is 0 Å². The van der Waals surface area contributed by atoms with Crippen LogP contribution in [0.2, 0.25) is 0 Å². The minimum Gasteiger partial charge on any atom is -0.490 e. The van der Waals surface area contributed by atoms with E-state index in [1.165, 1.54) is 0 Å². The van der Waals surface area contributed by atoms with Crippen LogP contribution in [0.5, 0.6) is 11.5 Å². The summed E-state index contributed by atoms with van der Waals surface area (Å²) in [7, 11) is 0. The van der Waals surface area contributed by atoms with Gasteiger partial charge in [0, 0.05) is 13.5 Å². The van der Waals surface area contributed by atoms with Gasteiger partial charge in [-0.05, 0) is 45.4 Å². The molecule has 2 aromatic rings. The molecule has 2 rings (SSSR count). The lowest BCUT2D eigenvalue weighted by Gasteiger charge is -2.20. The number of hydrogen-bond acceptors (Lipinski definition) is 6. The van der Waals surface area contributed by atoms with Crippen molar-refractivity contribution in [2.75, 3.05) is 19.8 Å². The molecule has 28 heavy (non-hydrogen) atoms. The highest BCUT2D eigenvalue weighted by atomic mass is 127. The summed E-state index contributed by atoms with van der Waals surface area (Å²) in [6, 6.07) is 5.98. The van der Waals surface area contributed by atoms with Crippen molar-refractivity contribution < 1.29 is 14.0 Å². The predicted molar refractivity (Wildman–Crippen MR) is 120 cm³/mol. The van der Waals surface area contributed by atoms with Crippen LogP contribution in [0.3, 0.4) is 0 Å². The van der Waals surface area contributed by atoms with Crippen molar-refractivity contribution in [3.8, 4) is 11.5 Å². The van der Waals surface area contributed by atoms with Crippen LogP contribution in [0.1, 0.15) is 51.0 Å². The summed E-state index contributed by atoms with van der Waals surface area (Å²) in [5, 5.41) is 10.5. The Morgan fingerprint density at radius 3 is 2.50 bits per heavy atom. The van der Waals surface area contributed by atoms with Crippen LogP contribution < -0.4 is 20.1 Å². The van der Waals surface area contributed by atoms with Crippen molar-refractivity contribution >= 4 is 29.9 Å². The van der Waals surface area contributed by atoms with Gasteiger partial charge in [0.1, 0.15) is 6.54 Å². The van der Waals surface area contributed by atoms with Crippen molar-refractivity contribution in [3.63, 3.8) is 0 Å². The molecule has 9 heteroatoms. The van der Waals surface area contributed by atoms with E-state index >= 15 is 0 Å². The molecule has 1 aromatic heterocycles. The third-order valence-corrected chi connectivity index (χ3v) is 3.71. The number of nitrogens with one attached hydrogen (secondary N) is 2. The van der Waals surface area contributed by atoms with Gasteiger partial charge in [0.2, 0.25) is 5.89 Å². The quantitative estimate of drug-likeness (QED) is 0.307. The van der Waals surface area contributed by atoms with E-state index in [0.29, 0.717) is 37.4 Å². The van der Waals surface area contributed by atoms with Crippen LogP contribution in [-0.4, -0.2) is 35.9 Å². The Bertz CT molecular complexity index is 751. The zero-order valence-corrected chi connectivity index (χ0v) is 19.4. The Hall–Kier alpha value is -2.04. The molecule has 1 atom stereocenters. The number of aromatic nitrogens is 2. The second kappa shape index (κ2) is 12.4. The Balaban J connectivity index is 0.00000392. The maximum absolute atomic E-state index is 5.71. The number of aryl methyl sites for hydroxylation is 1. The van der Waals surface area contributed by atoms with E-state index in [-0.39, 0.29) is 30.0 Å². The van der Waals surface area contributed by atoms with Gasteiger partial charge in [-0.15, -0.1) is 24.0 Å². The maximum Gasteiger partial charge on any atom is 0.223 e. The summed E-state index contributed by atoms with van der Waals surface area (Å²) < 4.78 is 16.3. The zero-order chi connectivity index (χ0) is 19.6. The molecule has 0 fully saturated rings. The van der Waals surface area contributed by atoms with Crippen molar-refractivity contribution in [2.45, 2.75) is 47.2 Å². The lowest BCUT2D eigenvalue weighted by atomic mass is 10.1. The summed E-state index contributed by atoms with van der Waals surface area (Å²) in [6.07, 6.45) is 0. The molecular formula is C19H30IN5O3. The van der Waals surface area contributed by atoms with Crippen LogP contribution in [0, 0.1) is 6.92 Å². The fraction of sp³-hybridized carbons (Fsp3) is 0.526. The molecular weight excluding hydrogens is 473 g/mol. The molecule has 8 nitrogen and oxygen atoms in total. The van der Waals surface area contributed by atoms with Gasteiger partial charge in [0.15, 0.2) is 23.3 Å². The van der Waals surface area contributed by atoms with Crippen LogP contribution in [0.15, 0.2) is 27.7 Å². The molecule has 0 saturated carbocycles. The first-order valence-corrected chi connectivity index (χ1v) is 9.30. The van der Waals surface area contributed by atoms with Gasteiger partial charge >= 0.3 is 0 Å². The van der Waals surface area contributed by atoms with Crippen LogP contribution >= 0.6 is 24.0 Å². The van der Waals surface area contributed by atoms with Gasteiger partial charge in [0.05, 0.1) is 19.3 Å². The molecule has 0 saturated heterocycles. The molecule has 0 radical (unpaired) electrons. The Kier molecular flexibility index (Phi) is 10.6. The van der Waals surface area contributed by atoms with Crippen molar-refractivity contribution in [2.24, 2.45) is 4.99 Å². The van der Waals surface area contributed by atoms with Gasteiger partial charge < -0.3 is 24.6 Å². The van der Waals surface area contributed by atoms with Gasteiger partial charge in [-0.3, -0.25) is 0 Å². The first kappa shape index (κ1) is 24.0. The number of rotatable bonds is 9. The van der Waals surface area contributed by atoms with Gasteiger partial charge in [0.25, 0.3) is 0 Å². The number of aliphatic imine (C=N–C) groups is 1. The van der Waals surface area contributed by atoms with E-state index in [2.05, 4.69) is 32.7 Å². The Labute approximate surface area is 183 Å². The van der Waals surface area contributed by atoms with Crippen molar-refractivity contribution in [1.29, 1.82) is 0 Å². The molecule has 0 aliphatic heterocycles. The van der Waals surface area contributed by atoms with Crippen molar-refractivity contribution in [1.82, 2.24) is 20.8 Å². The molecule has 0 bridgehead atoms. The van der Waals surface area contributed by atoms with E-state index in [4.69, 9.17) is 14.0 Å². The standard InChI is InChI=1S/C19H29N5O3.HI/c1-6-20-19(21-12-18-23-14(5)27-24-18)22-13(4)15-9-10-16(25-7-2)17(11-15)26-8-3;/h9-11,13H,6-8,12H2,1-5H3,(H2,20,21,22);1H. The maximum atomic E-state index is 5.71. The molecule has 1 unspecified atom stereocenters. The summed E-state index contributed by atoms with van der Waals surface area (Å²) in [6.45, 7) is 12.0. The highest BCUT2D eigenvalue weighted by molar-refractivity contribution is 14.0. The number of benzene rings is 1. The minimum absolute atomic E-state index is 0. The first-order chi connectivity index (χ1) is 13.1. The fourth-order valence-corrected chi connectivity index (χ4v) is 2.50. The summed E-state index contributed by atoms with van der Waals surface area (Å²) in [5.74, 6) is 3.26. The van der Waals surface area contributed by atoms with E-state index in [0.717, 1.165) is 23.6 Å². The number of hydrogen-bond donors (Lipinski definition) is 2. The first-order valence-electron chi connectivity index (χ1n) is 9.30. The molecule has 0 aliphatic rings. The second-order valence-electron chi connectivity index (χ2n) is 5.86. The third kappa shape index (κ3) is 7.17. The van der Waals surface area contributed by atoms with Crippen LogP contribution in [0.25, 0.3) is 0 Å². The Morgan fingerprint density at radius 2 is 1.89 bits per heavy atom. The fourth-order valence-electron chi connectivity index (χ4n) is 2.50. The highest BCUT2D eigenvalue weighted by Gasteiger charge is 2.13. The lowest BCUT2D eigenvalue weighted by Crippen LogP contribution is -2.38. The van der Waals surface area contributed by atoms with Gasteiger partial charge in [-0.1, -0.05) is 11.2 Å². The van der Waals surface area contributed by atoms with E-state index < -0.39 is 0 Å². The van der Waals surface area contributed by atoms with Crippen LogP contribution in [0.4, 0.5) is 0 Å². The second-order valence-corrected chi connectivity index (χ2v) is 5.86. The molecule has 1 aromatic carbocycles. The molecule has 156 valence electrons. The molecule has 0 spiro atoms. The number of guanidine groups is 1. The third-order valence-electron chi connectivity index (χ3n) is 3.71. The average Bonchev–Trinajstić information content (AvgIpc) is 3.07. The zero-order valence-electron chi connectivity index (χ0n) is 17.1. The van der Waals surface area contributed by atoms with E-state index in [1.54, 1.807) is 6.92 Å². The predicted octanol–water partition coefficient (Wildman–Crippen LogP) is 3.61. The Morgan fingerprint density at radius 1 is 1.18 bits per heavy atom. The van der Waals surface area contributed by atoms with Gasteiger partial charge in [-0.25, -0.2) is 4.99 Å². The largest absolute Gasteiger partial charge is 0.490 e. The monoisotopic (exact) mass is 503 g/mol. The minimum atomic E-state index is 0. The molecule has 1 heterocycles. The molecule has 0 amide bonds. The molecule has 0 aliphatic carbocycles. The summed E-state index contributed by atoms with van der Waals surface area (Å²) in [4.78, 5) is 8.69. The van der Waals surface area contributed by atoms with Gasteiger partial charge in [-0.2, -0.15) is 4.98 Å². The lowest BCUT2D eigenvalue weighted by molar-refractivity contribution is 0.287. The SMILES string of the molecule is CCNC(=NCc1noc(C)n1)NC(C)c1ccc(OCC)c(OCC)c1.I. The van der Waals surface area contributed by atoms with Crippen LogP contribution in [-0.2, 0) is 6.54 Å². The summed E-state index contributed by atoms with van der Waals surface area (Å²) >= 11 is 0. The summed E-state index contributed by atoms with van der Waals surface area (Å²) in [5.41, 5.74) is 1.07. The molecule has 2 N–H and O–H groups in total. The number of halogens is 1. The van der Waals surface area contributed by atoms with E-state index in [1.807, 2.05) is 39.0 Å². The highest BCUT2D eigenvalue weighted by Crippen LogP contribution is 2.30. The normalized spacial score (nSPS) is 12.1. The van der Waals surface area contributed by atoms with Crippen molar-refractivity contribution in [3.05, 3.63) is 35.5 Å². The number of ether oxygens (including phenoxy) is 2. The smallest absolute Gasteiger partial charge is 0.223 e. The topological polar surface area (TPSA) is 93.8 Å². The average molecular weight is 503 g/mol.